The highest BCUT2D eigenvalue weighted by molar-refractivity contribution is 5.92. The molecule has 2 aromatic carbocycles. The number of nitrogens with one attached hydrogen (secondary N) is 2. The molecule has 0 aliphatic heterocycles. The maximum atomic E-state index is 14.3. The number of terminal acetylenes is 1. The van der Waals surface area contributed by atoms with Gasteiger partial charge in [0, 0.05) is 25.1 Å². The van der Waals surface area contributed by atoms with Crippen LogP contribution in [0.5, 0.6) is 0 Å². The number of rotatable bonds is 13. The van der Waals surface area contributed by atoms with Gasteiger partial charge >= 0.3 is 6.09 Å². The summed E-state index contributed by atoms with van der Waals surface area (Å²) in [6.07, 6.45) is 8.80. The van der Waals surface area contributed by atoms with Crippen molar-refractivity contribution in [2.24, 2.45) is 0 Å². The van der Waals surface area contributed by atoms with Crippen molar-refractivity contribution in [3.8, 4) is 12.3 Å². The Morgan fingerprint density at radius 2 is 1.64 bits per heavy atom. The van der Waals surface area contributed by atoms with Gasteiger partial charge in [-0.05, 0) is 50.8 Å². The van der Waals surface area contributed by atoms with Crippen LogP contribution in [0.4, 0.5) is 4.79 Å². The van der Waals surface area contributed by atoms with E-state index in [0.29, 0.717) is 30.6 Å². The zero-order chi connectivity index (χ0) is 28.8. The maximum Gasteiger partial charge on any atom is 0.408 e. The van der Waals surface area contributed by atoms with Crippen LogP contribution in [0, 0.1) is 12.3 Å². The van der Waals surface area contributed by atoms with Crippen LogP contribution in [0.3, 0.4) is 0 Å². The number of nitrogens with zero attached hydrogens (tertiary/aromatic N) is 1. The normalized spacial score (nSPS) is 12.5. The Bertz CT molecular complexity index is 1120. The number of hydrogen-bond acceptors (Lipinski definition) is 4. The molecule has 7 heteroatoms. The number of ether oxygens (including phenoxy) is 1. The van der Waals surface area contributed by atoms with Crippen LogP contribution in [0.2, 0.25) is 0 Å². The highest BCUT2D eigenvalue weighted by atomic mass is 16.6. The number of carbonyl (C=O) groups is 3. The lowest BCUT2D eigenvalue weighted by Gasteiger charge is -2.35. The maximum absolute atomic E-state index is 14.3. The summed E-state index contributed by atoms with van der Waals surface area (Å²) in [6.45, 7) is 10.1. The predicted molar refractivity (Wildman–Crippen MR) is 155 cm³/mol. The molecule has 7 nitrogen and oxygen atoms in total. The molecule has 0 heterocycles. The summed E-state index contributed by atoms with van der Waals surface area (Å²) in [5.74, 6) is 1.98. The van der Waals surface area contributed by atoms with Crippen LogP contribution in [0.15, 0.2) is 54.6 Å². The van der Waals surface area contributed by atoms with Gasteiger partial charge in [0.2, 0.25) is 11.8 Å². The third-order valence-electron chi connectivity index (χ3n) is 6.07. The average Bonchev–Trinajstić information content (AvgIpc) is 2.90. The molecule has 0 aliphatic carbocycles. The summed E-state index contributed by atoms with van der Waals surface area (Å²) in [5.41, 5.74) is 1.25. The van der Waals surface area contributed by atoms with E-state index >= 15 is 0 Å². The molecule has 3 amide bonds. The van der Waals surface area contributed by atoms with E-state index < -0.39 is 23.8 Å². The Hall–Kier alpha value is -3.79. The van der Waals surface area contributed by atoms with Gasteiger partial charge in [-0.15, -0.1) is 6.42 Å². The van der Waals surface area contributed by atoms with Crippen molar-refractivity contribution >= 4 is 17.9 Å². The second-order valence-corrected chi connectivity index (χ2v) is 10.6. The SMILES string of the molecule is C#Cc1ccccc1C(C(=O)NCCCCC)N(CCC)C(=O)C(Cc1ccccc1)NC(=O)OC(C)(C)C. The summed E-state index contributed by atoms with van der Waals surface area (Å²) >= 11 is 0. The van der Waals surface area contributed by atoms with Gasteiger partial charge in [0.15, 0.2) is 0 Å². The van der Waals surface area contributed by atoms with Gasteiger partial charge in [-0.2, -0.15) is 0 Å². The summed E-state index contributed by atoms with van der Waals surface area (Å²) in [7, 11) is 0. The third-order valence-corrected chi connectivity index (χ3v) is 6.07. The van der Waals surface area contributed by atoms with Crippen molar-refractivity contribution in [1.82, 2.24) is 15.5 Å². The van der Waals surface area contributed by atoms with E-state index in [1.807, 2.05) is 49.4 Å². The van der Waals surface area contributed by atoms with Crippen LogP contribution in [0.1, 0.15) is 83.0 Å². The second-order valence-electron chi connectivity index (χ2n) is 10.6. The molecule has 0 aliphatic rings. The van der Waals surface area contributed by atoms with Crippen molar-refractivity contribution in [2.75, 3.05) is 13.1 Å². The summed E-state index contributed by atoms with van der Waals surface area (Å²) in [4.78, 5) is 42.3. The first-order valence-electron chi connectivity index (χ1n) is 13.8. The highest BCUT2D eigenvalue weighted by Crippen LogP contribution is 2.26. The summed E-state index contributed by atoms with van der Waals surface area (Å²) in [5, 5.41) is 5.78. The van der Waals surface area contributed by atoms with Crippen LogP contribution in [-0.4, -0.2) is 47.5 Å². The lowest BCUT2D eigenvalue weighted by atomic mass is 9.96. The minimum Gasteiger partial charge on any atom is -0.444 e. The number of unbranched alkanes of at least 4 members (excludes halogenated alkanes) is 2. The van der Waals surface area contributed by atoms with Crippen LogP contribution in [0.25, 0.3) is 0 Å². The summed E-state index contributed by atoms with van der Waals surface area (Å²) in [6, 6.07) is 14.7. The smallest absolute Gasteiger partial charge is 0.408 e. The van der Waals surface area contributed by atoms with Gasteiger partial charge in [0.25, 0.3) is 0 Å². The average molecular weight is 534 g/mol. The standard InChI is InChI=1S/C32H43N3O4/c1-7-10-16-21-33-29(36)28(26-20-15-14-19-25(26)9-3)35(22-8-2)30(37)27(23-24-17-12-11-13-18-24)34-31(38)39-32(4,5)6/h3,11-15,17-20,27-28H,7-8,10,16,21-23H2,1-2,4-6H3,(H,33,36)(H,34,38). The molecule has 0 saturated carbocycles. The Labute approximate surface area is 233 Å². The van der Waals surface area contributed by atoms with Gasteiger partial charge < -0.3 is 20.3 Å². The number of carbonyl (C=O) groups excluding carboxylic acids is 3. The van der Waals surface area contributed by atoms with E-state index in [1.165, 1.54) is 4.90 Å². The van der Waals surface area contributed by atoms with Crippen molar-refractivity contribution in [3.05, 3.63) is 71.3 Å². The van der Waals surface area contributed by atoms with Crippen molar-refractivity contribution in [1.29, 1.82) is 0 Å². The number of alkyl carbamates (subject to hydrolysis) is 1. The van der Waals surface area contributed by atoms with Crippen LogP contribution in [-0.2, 0) is 20.7 Å². The van der Waals surface area contributed by atoms with Gasteiger partial charge in [-0.1, -0.05) is 81.1 Å². The molecule has 2 unspecified atom stereocenters. The molecule has 39 heavy (non-hydrogen) atoms. The molecule has 0 aromatic heterocycles. The van der Waals surface area contributed by atoms with E-state index in [2.05, 4.69) is 23.5 Å². The zero-order valence-corrected chi connectivity index (χ0v) is 24.0. The molecule has 0 bridgehead atoms. The summed E-state index contributed by atoms with van der Waals surface area (Å²) < 4.78 is 5.47. The molecule has 2 N–H and O–H groups in total. The molecule has 2 rings (SSSR count). The quantitative estimate of drug-likeness (QED) is 0.267. The minimum absolute atomic E-state index is 0.237. The Balaban J connectivity index is 2.51. The highest BCUT2D eigenvalue weighted by Gasteiger charge is 2.36. The van der Waals surface area contributed by atoms with E-state index in [4.69, 9.17) is 11.2 Å². The number of amides is 3. The lowest BCUT2D eigenvalue weighted by Crippen LogP contribution is -2.54. The zero-order valence-electron chi connectivity index (χ0n) is 24.0. The second kappa shape index (κ2) is 15.6. The van der Waals surface area contributed by atoms with E-state index in [1.54, 1.807) is 32.9 Å². The van der Waals surface area contributed by atoms with Crippen molar-refractivity contribution < 1.29 is 19.1 Å². The van der Waals surface area contributed by atoms with E-state index in [-0.39, 0.29) is 18.2 Å². The Morgan fingerprint density at radius 3 is 2.26 bits per heavy atom. The predicted octanol–water partition coefficient (Wildman–Crippen LogP) is 5.39. The van der Waals surface area contributed by atoms with E-state index in [9.17, 15) is 14.4 Å². The Kier molecular flexibility index (Phi) is 12.6. The number of benzene rings is 2. The monoisotopic (exact) mass is 533 g/mol. The van der Waals surface area contributed by atoms with Gasteiger partial charge in [-0.3, -0.25) is 9.59 Å². The molecule has 2 atom stereocenters. The largest absolute Gasteiger partial charge is 0.444 e. The van der Waals surface area contributed by atoms with Crippen molar-refractivity contribution in [2.45, 2.75) is 84.4 Å². The molecule has 210 valence electrons. The van der Waals surface area contributed by atoms with Gasteiger partial charge in [0.1, 0.15) is 17.7 Å². The molecule has 0 spiro atoms. The molecule has 0 saturated heterocycles. The first kappa shape index (κ1) is 31.4. The van der Waals surface area contributed by atoms with Gasteiger partial charge in [-0.25, -0.2) is 4.79 Å². The molecule has 2 aromatic rings. The Morgan fingerprint density at radius 1 is 0.974 bits per heavy atom. The molecule has 0 radical (unpaired) electrons. The first-order chi connectivity index (χ1) is 18.6. The molecule has 0 fully saturated rings. The van der Waals surface area contributed by atoms with Gasteiger partial charge in [0.05, 0.1) is 0 Å². The first-order valence-corrected chi connectivity index (χ1v) is 13.8. The fourth-order valence-corrected chi connectivity index (χ4v) is 4.31. The fraction of sp³-hybridized carbons (Fsp3) is 0.469. The third kappa shape index (κ3) is 10.1. The minimum atomic E-state index is -0.956. The molecular formula is C32H43N3O4. The molecular weight excluding hydrogens is 490 g/mol. The number of hydrogen-bond donors (Lipinski definition) is 2. The fourth-order valence-electron chi connectivity index (χ4n) is 4.31. The topological polar surface area (TPSA) is 87.7 Å². The van der Waals surface area contributed by atoms with E-state index in [0.717, 1.165) is 24.8 Å². The lowest BCUT2D eigenvalue weighted by molar-refractivity contribution is -0.142. The van der Waals surface area contributed by atoms with Crippen LogP contribution < -0.4 is 10.6 Å². The van der Waals surface area contributed by atoms with Crippen LogP contribution >= 0.6 is 0 Å². The van der Waals surface area contributed by atoms with Crippen molar-refractivity contribution in [3.63, 3.8) is 0 Å².